The highest BCUT2D eigenvalue weighted by Gasteiger charge is 2.39. The molecule has 1 saturated heterocycles. The molecule has 0 atom stereocenters. The van der Waals surface area contributed by atoms with Crippen LogP contribution in [0.4, 0.5) is 8.78 Å². The first kappa shape index (κ1) is 9.55. The summed E-state index contributed by atoms with van der Waals surface area (Å²) in [6.45, 7) is 0.989. The van der Waals surface area contributed by atoms with Crippen LogP contribution in [0.25, 0.3) is 0 Å². The molecule has 0 saturated carbocycles. The third-order valence-corrected chi connectivity index (χ3v) is 2.65. The Labute approximate surface area is 80.9 Å². The van der Waals surface area contributed by atoms with E-state index < -0.39 is 11.6 Å². The van der Waals surface area contributed by atoms with Gasteiger partial charge in [-0.25, -0.2) is 8.78 Å². The lowest BCUT2D eigenvalue weighted by atomic mass is 9.88. The fourth-order valence-electron chi connectivity index (χ4n) is 1.56. The summed E-state index contributed by atoms with van der Waals surface area (Å²) in [6.07, 6.45) is 0. The van der Waals surface area contributed by atoms with E-state index in [0.29, 0.717) is 13.2 Å². The van der Waals surface area contributed by atoms with Crippen molar-refractivity contribution < 1.29 is 13.5 Å². The van der Waals surface area contributed by atoms with E-state index in [4.69, 9.17) is 4.74 Å². The Kier molecular flexibility index (Phi) is 2.25. The molecule has 0 radical (unpaired) electrons. The van der Waals surface area contributed by atoms with Crippen LogP contribution in [0.1, 0.15) is 5.56 Å². The minimum absolute atomic E-state index is 0.339. The van der Waals surface area contributed by atoms with E-state index in [-0.39, 0.29) is 5.54 Å². The van der Waals surface area contributed by atoms with Crippen LogP contribution < -0.4 is 5.32 Å². The average molecular weight is 199 g/mol. The van der Waals surface area contributed by atoms with Crippen LogP contribution >= 0.6 is 0 Å². The summed E-state index contributed by atoms with van der Waals surface area (Å²) in [6, 6.07) is 3.94. The number of hydrogen-bond acceptors (Lipinski definition) is 2. The van der Waals surface area contributed by atoms with Crippen LogP contribution in [0.5, 0.6) is 0 Å². The summed E-state index contributed by atoms with van der Waals surface area (Å²) >= 11 is 0. The highest BCUT2D eigenvalue weighted by molar-refractivity contribution is 5.28. The van der Waals surface area contributed by atoms with E-state index in [2.05, 4.69) is 5.32 Å². The lowest BCUT2D eigenvalue weighted by Crippen LogP contribution is -2.56. The van der Waals surface area contributed by atoms with Gasteiger partial charge in [-0.2, -0.15) is 0 Å². The quantitative estimate of drug-likeness (QED) is 0.777. The lowest BCUT2D eigenvalue weighted by molar-refractivity contribution is -0.0749. The molecule has 4 heteroatoms. The molecule has 14 heavy (non-hydrogen) atoms. The Balaban J connectivity index is 2.36. The number of hydrogen-bond donors (Lipinski definition) is 1. The minimum atomic E-state index is -0.819. The smallest absolute Gasteiger partial charge is 0.159 e. The summed E-state index contributed by atoms with van der Waals surface area (Å²) in [5, 5.41) is 3.06. The molecule has 2 rings (SSSR count). The predicted octanol–water partition coefficient (Wildman–Crippen LogP) is 1.41. The molecule has 0 aromatic heterocycles. The fourth-order valence-corrected chi connectivity index (χ4v) is 1.56. The fraction of sp³-hybridized carbons (Fsp3) is 0.400. The molecular formula is C10H11F2NO. The summed E-state index contributed by atoms with van der Waals surface area (Å²) in [4.78, 5) is 0. The number of likely N-dealkylation sites (N-methyl/N-ethyl adjacent to an activating group) is 1. The minimum Gasteiger partial charge on any atom is -0.377 e. The second-order valence-corrected chi connectivity index (χ2v) is 3.45. The predicted molar refractivity (Wildman–Crippen MR) is 47.9 cm³/mol. The molecule has 0 unspecified atom stereocenters. The molecule has 0 amide bonds. The normalized spacial score (nSPS) is 19.1. The van der Waals surface area contributed by atoms with Crippen molar-refractivity contribution in [1.29, 1.82) is 0 Å². The van der Waals surface area contributed by atoms with E-state index in [1.54, 1.807) is 13.1 Å². The molecule has 2 nitrogen and oxygen atoms in total. The molecule has 1 aromatic rings. The summed E-state index contributed by atoms with van der Waals surface area (Å²) < 4.78 is 30.7. The van der Waals surface area contributed by atoms with Crippen molar-refractivity contribution in [3.8, 4) is 0 Å². The van der Waals surface area contributed by atoms with Gasteiger partial charge in [0.05, 0.1) is 18.8 Å². The topological polar surface area (TPSA) is 21.3 Å². The van der Waals surface area contributed by atoms with Crippen LogP contribution in [-0.4, -0.2) is 20.3 Å². The van der Waals surface area contributed by atoms with Gasteiger partial charge in [0.2, 0.25) is 0 Å². The molecule has 1 N–H and O–H groups in total. The average Bonchev–Trinajstić information content (AvgIpc) is 2.10. The van der Waals surface area contributed by atoms with Gasteiger partial charge in [-0.15, -0.1) is 0 Å². The third-order valence-electron chi connectivity index (χ3n) is 2.65. The van der Waals surface area contributed by atoms with Gasteiger partial charge < -0.3 is 10.1 Å². The summed E-state index contributed by atoms with van der Waals surface area (Å²) in [5.41, 5.74) is 0.388. The summed E-state index contributed by atoms with van der Waals surface area (Å²) in [5.74, 6) is -1.63. The zero-order valence-corrected chi connectivity index (χ0v) is 7.81. The third kappa shape index (κ3) is 1.31. The summed E-state index contributed by atoms with van der Waals surface area (Å²) in [7, 11) is 1.78. The first-order valence-electron chi connectivity index (χ1n) is 4.40. The highest BCUT2D eigenvalue weighted by Crippen LogP contribution is 2.29. The maximum absolute atomic E-state index is 13.0. The van der Waals surface area contributed by atoms with Gasteiger partial charge in [0, 0.05) is 0 Å². The molecular weight excluding hydrogens is 188 g/mol. The molecule has 0 spiro atoms. The lowest BCUT2D eigenvalue weighted by Gasteiger charge is -2.41. The Morgan fingerprint density at radius 2 is 2.00 bits per heavy atom. The zero-order chi connectivity index (χ0) is 10.2. The largest absolute Gasteiger partial charge is 0.377 e. The van der Waals surface area contributed by atoms with Crippen molar-refractivity contribution in [3.05, 3.63) is 35.4 Å². The standard InChI is InChI=1S/C10H11F2NO/c1-13-10(5-14-6-10)7-2-3-8(11)9(12)4-7/h2-4,13H,5-6H2,1H3. The first-order chi connectivity index (χ1) is 6.68. The van der Waals surface area contributed by atoms with Crippen LogP contribution in [0.15, 0.2) is 18.2 Å². The van der Waals surface area contributed by atoms with Crippen LogP contribution in [-0.2, 0) is 10.3 Å². The van der Waals surface area contributed by atoms with Crippen molar-refractivity contribution >= 4 is 0 Å². The van der Waals surface area contributed by atoms with Gasteiger partial charge >= 0.3 is 0 Å². The second kappa shape index (κ2) is 3.29. The van der Waals surface area contributed by atoms with Crippen molar-refractivity contribution in [2.24, 2.45) is 0 Å². The van der Waals surface area contributed by atoms with Gasteiger partial charge in [-0.3, -0.25) is 0 Å². The monoisotopic (exact) mass is 199 g/mol. The maximum atomic E-state index is 13.0. The number of nitrogens with one attached hydrogen (secondary N) is 1. The van der Waals surface area contributed by atoms with Gasteiger partial charge in [-0.1, -0.05) is 6.07 Å². The SMILES string of the molecule is CNC1(c2ccc(F)c(F)c2)COC1. The molecule has 1 aliphatic rings. The number of halogens is 2. The Morgan fingerprint density at radius 3 is 2.43 bits per heavy atom. The van der Waals surface area contributed by atoms with E-state index in [1.165, 1.54) is 6.07 Å². The Bertz CT molecular complexity index is 344. The van der Waals surface area contributed by atoms with Crippen molar-refractivity contribution in [2.75, 3.05) is 20.3 Å². The Hall–Kier alpha value is -1.00. The van der Waals surface area contributed by atoms with Crippen LogP contribution in [0.2, 0.25) is 0 Å². The molecule has 76 valence electrons. The Morgan fingerprint density at radius 1 is 1.29 bits per heavy atom. The molecule has 1 heterocycles. The molecule has 1 aliphatic heterocycles. The van der Waals surface area contributed by atoms with Gasteiger partial charge in [0.1, 0.15) is 0 Å². The van der Waals surface area contributed by atoms with Crippen LogP contribution in [0.3, 0.4) is 0 Å². The van der Waals surface area contributed by atoms with Crippen LogP contribution in [0, 0.1) is 11.6 Å². The van der Waals surface area contributed by atoms with Gasteiger partial charge in [0.15, 0.2) is 11.6 Å². The second-order valence-electron chi connectivity index (χ2n) is 3.45. The van der Waals surface area contributed by atoms with Gasteiger partial charge in [0.25, 0.3) is 0 Å². The van der Waals surface area contributed by atoms with E-state index in [1.807, 2.05) is 0 Å². The molecule has 0 aliphatic carbocycles. The van der Waals surface area contributed by atoms with Crippen molar-refractivity contribution in [1.82, 2.24) is 5.32 Å². The van der Waals surface area contributed by atoms with E-state index in [0.717, 1.165) is 11.6 Å². The molecule has 0 bridgehead atoms. The maximum Gasteiger partial charge on any atom is 0.159 e. The van der Waals surface area contributed by atoms with E-state index >= 15 is 0 Å². The highest BCUT2D eigenvalue weighted by atomic mass is 19.2. The number of ether oxygens (including phenoxy) is 1. The zero-order valence-electron chi connectivity index (χ0n) is 7.81. The number of rotatable bonds is 2. The molecule has 1 fully saturated rings. The van der Waals surface area contributed by atoms with Crippen molar-refractivity contribution in [3.63, 3.8) is 0 Å². The molecule has 1 aromatic carbocycles. The first-order valence-corrected chi connectivity index (χ1v) is 4.40. The van der Waals surface area contributed by atoms with E-state index in [9.17, 15) is 8.78 Å². The van der Waals surface area contributed by atoms with Crippen molar-refractivity contribution in [2.45, 2.75) is 5.54 Å². The van der Waals surface area contributed by atoms with Gasteiger partial charge in [-0.05, 0) is 24.7 Å². The number of benzene rings is 1.